The molecule has 2 aromatic rings. The van der Waals surface area contributed by atoms with Gasteiger partial charge in [-0.15, -0.1) is 0 Å². The van der Waals surface area contributed by atoms with Crippen molar-refractivity contribution in [1.82, 2.24) is 0 Å². The molecule has 0 spiro atoms. The van der Waals surface area contributed by atoms with Crippen LogP contribution < -0.4 is 10.1 Å². The molecule has 0 bridgehead atoms. The Hall–Kier alpha value is -1.91. The van der Waals surface area contributed by atoms with Crippen LogP contribution in [0.3, 0.4) is 0 Å². The van der Waals surface area contributed by atoms with Gasteiger partial charge in [0.05, 0.1) is 23.4 Å². The molecule has 0 saturated heterocycles. The lowest BCUT2D eigenvalue weighted by molar-refractivity contribution is 0.102. The number of halogens is 2. The number of aromatic hydroxyl groups is 1. The third kappa shape index (κ3) is 2.98. The van der Waals surface area contributed by atoms with Gasteiger partial charge >= 0.3 is 0 Å². The third-order valence-electron chi connectivity index (χ3n) is 2.64. The summed E-state index contributed by atoms with van der Waals surface area (Å²) in [6.07, 6.45) is 0. The predicted molar refractivity (Wildman–Crippen MR) is 79.1 cm³/mol. The zero-order chi connectivity index (χ0) is 14.7. The minimum Gasteiger partial charge on any atom is -0.504 e. The molecule has 1 amide bonds. The second-order valence-electron chi connectivity index (χ2n) is 3.93. The number of carbonyl (C=O) groups is 1. The zero-order valence-corrected chi connectivity index (χ0v) is 12.0. The molecule has 0 aliphatic heterocycles. The van der Waals surface area contributed by atoms with E-state index in [9.17, 15) is 9.90 Å². The molecule has 2 N–H and O–H groups in total. The lowest BCUT2D eigenvalue weighted by Gasteiger charge is -2.10. The maximum atomic E-state index is 12.1. The number of para-hydroxylation sites is 1. The highest BCUT2D eigenvalue weighted by Gasteiger charge is 2.16. The number of methoxy groups -OCH3 is 1. The number of phenols is 1. The number of nitrogens with one attached hydrogen (secondary N) is 1. The SMILES string of the molecule is COc1cccc(C(=O)Nc2cc(Cl)ccc2Cl)c1O. The van der Waals surface area contributed by atoms with E-state index < -0.39 is 5.91 Å². The first-order valence-corrected chi connectivity index (χ1v) is 6.41. The van der Waals surface area contributed by atoms with Crippen LogP contribution in [0.15, 0.2) is 36.4 Å². The van der Waals surface area contributed by atoms with Crippen LogP contribution in [0, 0.1) is 0 Å². The van der Waals surface area contributed by atoms with Crippen molar-refractivity contribution in [2.45, 2.75) is 0 Å². The topological polar surface area (TPSA) is 58.6 Å². The number of carbonyl (C=O) groups excluding carboxylic acids is 1. The van der Waals surface area contributed by atoms with Crippen LogP contribution >= 0.6 is 23.2 Å². The van der Waals surface area contributed by atoms with E-state index in [1.165, 1.54) is 19.2 Å². The summed E-state index contributed by atoms with van der Waals surface area (Å²) < 4.78 is 4.95. The third-order valence-corrected chi connectivity index (χ3v) is 3.20. The molecule has 104 valence electrons. The first-order valence-electron chi connectivity index (χ1n) is 5.65. The Morgan fingerprint density at radius 1 is 1.25 bits per heavy atom. The maximum Gasteiger partial charge on any atom is 0.259 e. The van der Waals surface area contributed by atoms with Gasteiger partial charge < -0.3 is 15.2 Å². The number of amides is 1. The Morgan fingerprint density at radius 2 is 2.00 bits per heavy atom. The minimum atomic E-state index is -0.509. The van der Waals surface area contributed by atoms with E-state index in [-0.39, 0.29) is 17.1 Å². The van der Waals surface area contributed by atoms with E-state index in [1.54, 1.807) is 24.3 Å². The van der Waals surface area contributed by atoms with Crippen molar-refractivity contribution in [2.75, 3.05) is 12.4 Å². The van der Waals surface area contributed by atoms with E-state index in [0.717, 1.165) is 0 Å². The van der Waals surface area contributed by atoms with E-state index in [2.05, 4.69) is 5.32 Å². The van der Waals surface area contributed by atoms with Crippen LogP contribution in [-0.2, 0) is 0 Å². The number of hydrogen-bond acceptors (Lipinski definition) is 3. The van der Waals surface area contributed by atoms with Crippen molar-refractivity contribution in [1.29, 1.82) is 0 Å². The summed E-state index contributed by atoms with van der Waals surface area (Å²) >= 11 is 11.8. The summed E-state index contributed by atoms with van der Waals surface area (Å²) in [6, 6.07) is 9.35. The summed E-state index contributed by atoms with van der Waals surface area (Å²) in [4.78, 5) is 12.1. The number of ether oxygens (including phenoxy) is 1. The molecular weight excluding hydrogens is 301 g/mol. The highest BCUT2D eigenvalue weighted by Crippen LogP contribution is 2.31. The highest BCUT2D eigenvalue weighted by molar-refractivity contribution is 6.35. The van der Waals surface area contributed by atoms with Crippen molar-refractivity contribution in [2.24, 2.45) is 0 Å². The highest BCUT2D eigenvalue weighted by atomic mass is 35.5. The van der Waals surface area contributed by atoms with Gasteiger partial charge in [-0.3, -0.25) is 4.79 Å². The molecule has 20 heavy (non-hydrogen) atoms. The summed E-state index contributed by atoms with van der Waals surface area (Å²) in [5.74, 6) is -0.522. The van der Waals surface area contributed by atoms with Crippen LogP contribution in [-0.4, -0.2) is 18.1 Å². The van der Waals surface area contributed by atoms with Crippen LogP contribution in [0.5, 0.6) is 11.5 Å². The molecule has 0 aliphatic rings. The molecule has 4 nitrogen and oxygen atoms in total. The molecule has 2 aromatic carbocycles. The van der Waals surface area contributed by atoms with Crippen molar-refractivity contribution < 1.29 is 14.6 Å². The second-order valence-corrected chi connectivity index (χ2v) is 4.78. The van der Waals surface area contributed by atoms with Crippen molar-refractivity contribution >= 4 is 34.8 Å². The number of phenolic OH excluding ortho intramolecular Hbond substituents is 1. The zero-order valence-electron chi connectivity index (χ0n) is 10.5. The van der Waals surface area contributed by atoms with Gasteiger partial charge in [-0.1, -0.05) is 29.3 Å². The molecule has 0 aliphatic carbocycles. The lowest BCUT2D eigenvalue weighted by atomic mass is 10.1. The van der Waals surface area contributed by atoms with Gasteiger partial charge in [0.1, 0.15) is 0 Å². The first-order chi connectivity index (χ1) is 9.52. The summed E-state index contributed by atoms with van der Waals surface area (Å²) in [5.41, 5.74) is 0.451. The molecule has 0 saturated carbocycles. The first kappa shape index (κ1) is 14.5. The van der Waals surface area contributed by atoms with Gasteiger partial charge in [0.15, 0.2) is 11.5 Å². The quantitative estimate of drug-likeness (QED) is 0.902. The number of rotatable bonds is 3. The number of anilines is 1. The van der Waals surface area contributed by atoms with E-state index in [4.69, 9.17) is 27.9 Å². The number of benzene rings is 2. The summed E-state index contributed by atoms with van der Waals surface area (Å²) in [5, 5.41) is 13.3. The van der Waals surface area contributed by atoms with E-state index in [1.807, 2.05) is 0 Å². The van der Waals surface area contributed by atoms with Gasteiger partial charge in [0, 0.05) is 5.02 Å². The second kappa shape index (κ2) is 6.03. The molecular formula is C14H11Cl2NO3. The minimum absolute atomic E-state index is 0.0837. The van der Waals surface area contributed by atoms with E-state index >= 15 is 0 Å². The maximum absolute atomic E-state index is 12.1. The van der Waals surface area contributed by atoms with Gasteiger partial charge in [-0.2, -0.15) is 0 Å². The molecule has 2 rings (SSSR count). The van der Waals surface area contributed by atoms with Crippen molar-refractivity contribution in [3.63, 3.8) is 0 Å². The monoisotopic (exact) mass is 311 g/mol. The van der Waals surface area contributed by atoms with Gasteiger partial charge in [-0.25, -0.2) is 0 Å². The predicted octanol–water partition coefficient (Wildman–Crippen LogP) is 3.96. The number of hydrogen-bond donors (Lipinski definition) is 2. The molecule has 0 heterocycles. The van der Waals surface area contributed by atoms with Crippen LogP contribution in [0.2, 0.25) is 10.0 Å². The molecule has 6 heteroatoms. The van der Waals surface area contributed by atoms with Gasteiger partial charge in [0.25, 0.3) is 5.91 Å². The Morgan fingerprint density at radius 3 is 2.70 bits per heavy atom. The fourth-order valence-electron chi connectivity index (χ4n) is 1.65. The molecule has 0 fully saturated rings. The van der Waals surface area contributed by atoms with Crippen LogP contribution in [0.1, 0.15) is 10.4 Å². The lowest BCUT2D eigenvalue weighted by Crippen LogP contribution is -2.12. The van der Waals surface area contributed by atoms with Crippen molar-refractivity contribution in [3.8, 4) is 11.5 Å². The van der Waals surface area contributed by atoms with Crippen molar-refractivity contribution in [3.05, 3.63) is 52.0 Å². The molecule has 0 aromatic heterocycles. The van der Waals surface area contributed by atoms with Crippen LogP contribution in [0.4, 0.5) is 5.69 Å². The Labute approximate surface area is 125 Å². The fraction of sp³-hybridized carbons (Fsp3) is 0.0714. The van der Waals surface area contributed by atoms with Gasteiger partial charge in [0.2, 0.25) is 0 Å². The molecule has 0 radical (unpaired) electrons. The normalized spacial score (nSPS) is 10.2. The smallest absolute Gasteiger partial charge is 0.259 e. The summed E-state index contributed by atoms with van der Waals surface area (Å²) in [7, 11) is 1.41. The Balaban J connectivity index is 2.31. The average molecular weight is 312 g/mol. The summed E-state index contributed by atoms with van der Waals surface area (Å²) in [6.45, 7) is 0. The fourth-order valence-corrected chi connectivity index (χ4v) is 1.99. The average Bonchev–Trinajstić information content (AvgIpc) is 2.43. The van der Waals surface area contributed by atoms with Gasteiger partial charge in [-0.05, 0) is 30.3 Å². The molecule has 0 atom stereocenters. The Bertz CT molecular complexity index is 659. The largest absolute Gasteiger partial charge is 0.504 e. The Kier molecular flexibility index (Phi) is 4.37. The van der Waals surface area contributed by atoms with Crippen LogP contribution in [0.25, 0.3) is 0 Å². The standard InChI is InChI=1S/C14H11Cl2NO3/c1-20-12-4-2-3-9(13(12)18)14(19)17-11-7-8(15)5-6-10(11)16/h2-7,18H,1H3,(H,17,19). The van der Waals surface area contributed by atoms with E-state index in [0.29, 0.717) is 15.7 Å². The molecule has 0 unspecified atom stereocenters.